The molecule has 0 amide bonds. The van der Waals surface area contributed by atoms with Crippen LogP contribution in [0.2, 0.25) is 0 Å². The van der Waals surface area contributed by atoms with Crippen molar-refractivity contribution in [3.8, 4) is 5.69 Å². The largest absolute Gasteiger partial charge is 0.416 e. The van der Waals surface area contributed by atoms with E-state index in [1.54, 1.807) is 37.1 Å². The van der Waals surface area contributed by atoms with Gasteiger partial charge in [-0.25, -0.2) is 4.79 Å². The van der Waals surface area contributed by atoms with Crippen LogP contribution in [0, 0.1) is 6.92 Å². The van der Waals surface area contributed by atoms with Crippen molar-refractivity contribution in [2.45, 2.75) is 19.5 Å². The maximum absolute atomic E-state index is 13.4. The molecule has 30 heavy (non-hydrogen) atoms. The van der Waals surface area contributed by atoms with E-state index in [0.717, 1.165) is 29.9 Å². The number of aryl methyl sites for hydroxylation is 1. The van der Waals surface area contributed by atoms with Crippen LogP contribution in [-0.4, -0.2) is 40.2 Å². The monoisotopic (exact) mass is 436 g/mol. The second-order valence-corrected chi connectivity index (χ2v) is 8.42. The van der Waals surface area contributed by atoms with Gasteiger partial charge in [0.05, 0.1) is 16.8 Å². The maximum atomic E-state index is 13.4. The van der Waals surface area contributed by atoms with E-state index in [0.29, 0.717) is 23.4 Å². The lowest BCUT2D eigenvalue weighted by atomic mass is 10.1. The van der Waals surface area contributed by atoms with Gasteiger partial charge in [0.15, 0.2) is 0 Å². The minimum atomic E-state index is -4.51. The van der Waals surface area contributed by atoms with Gasteiger partial charge in [0.1, 0.15) is 5.82 Å². The van der Waals surface area contributed by atoms with Crippen molar-refractivity contribution in [3.63, 3.8) is 0 Å². The molecule has 5 nitrogen and oxygen atoms in total. The van der Waals surface area contributed by atoms with E-state index < -0.39 is 17.4 Å². The molecule has 0 aliphatic rings. The molecule has 0 spiro atoms. The van der Waals surface area contributed by atoms with E-state index in [1.807, 2.05) is 24.5 Å². The van der Waals surface area contributed by atoms with Crippen LogP contribution < -0.4 is 11.0 Å². The van der Waals surface area contributed by atoms with Crippen LogP contribution in [0.5, 0.6) is 0 Å². The van der Waals surface area contributed by atoms with Gasteiger partial charge in [-0.15, -0.1) is 0 Å². The summed E-state index contributed by atoms with van der Waals surface area (Å²) in [5, 5.41) is 3.58. The highest BCUT2D eigenvalue weighted by molar-refractivity contribution is 7.96. The molecule has 1 heterocycles. The Kier molecular flexibility index (Phi) is 6.72. The fraction of sp³-hybridized carbons (Fsp3) is 0.333. The van der Waals surface area contributed by atoms with Crippen molar-refractivity contribution in [1.29, 1.82) is 0 Å². The number of benzene rings is 2. The Bertz CT molecular complexity index is 1100. The summed E-state index contributed by atoms with van der Waals surface area (Å²) in [7, 11) is 3.91. The molecule has 9 heteroatoms. The van der Waals surface area contributed by atoms with Gasteiger partial charge < -0.3 is 5.32 Å². The predicted octanol–water partition coefficient (Wildman–Crippen LogP) is 4.72. The number of aromatic nitrogens is 2. The van der Waals surface area contributed by atoms with Gasteiger partial charge in [0.2, 0.25) is 0 Å². The third-order valence-corrected chi connectivity index (χ3v) is 5.53. The average molecular weight is 437 g/mol. The van der Waals surface area contributed by atoms with Crippen LogP contribution in [0.25, 0.3) is 16.6 Å². The molecule has 1 aromatic heterocycles. The molecule has 0 saturated heterocycles. The number of nitrogens with one attached hydrogen (secondary N) is 1. The summed E-state index contributed by atoms with van der Waals surface area (Å²) in [6.45, 7) is 2.35. The predicted molar refractivity (Wildman–Crippen MR) is 116 cm³/mol. The first-order chi connectivity index (χ1) is 14.2. The molecular formula is C21H23F3N4OS. The first kappa shape index (κ1) is 22.2. The Morgan fingerprint density at radius 2 is 1.90 bits per heavy atom. The molecule has 3 rings (SSSR count). The first-order valence-corrected chi connectivity index (χ1v) is 10.4. The van der Waals surface area contributed by atoms with Crippen molar-refractivity contribution in [2.75, 3.05) is 31.7 Å². The number of anilines is 1. The third kappa shape index (κ3) is 4.96. The molecule has 0 bridgehead atoms. The summed E-state index contributed by atoms with van der Waals surface area (Å²) >= 11 is 1.66. The second-order valence-electron chi connectivity index (χ2n) is 7.02. The molecule has 0 saturated carbocycles. The summed E-state index contributed by atoms with van der Waals surface area (Å²) in [6, 6.07) is 10.4. The summed E-state index contributed by atoms with van der Waals surface area (Å²) in [5.41, 5.74) is 0.0108. The van der Waals surface area contributed by atoms with Gasteiger partial charge in [-0.3, -0.25) is 8.87 Å². The molecule has 3 aromatic rings. The Balaban J connectivity index is 2.09. The Hall–Kier alpha value is -2.52. The van der Waals surface area contributed by atoms with Crippen LogP contribution in [0.1, 0.15) is 17.5 Å². The molecular weight excluding hydrogens is 413 g/mol. The number of para-hydroxylation sites is 1. The molecule has 1 N–H and O–H groups in total. The van der Waals surface area contributed by atoms with Gasteiger partial charge in [-0.1, -0.05) is 30.1 Å². The minimum absolute atomic E-state index is 0.171. The highest BCUT2D eigenvalue weighted by Crippen LogP contribution is 2.33. The lowest BCUT2D eigenvalue weighted by Gasteiger charge is -2.17. The van der Waals surface area contributed by atoms with E-state index in [2.05, 4.69) is 10.3 Å². The molecule has 0 fully saturated rings. The van der Waals surface area contributed by atoms with Crippen LogP contribution in [-0.2, 0) is 6.18 Å². The normalized spacial score (nSPS) is 12.0. The smallest absolute Gasteiger partial charge is 0.369 e. The van der Waals surface area contributed by atoms with Crippen molar-refractivity contribution < 1.29 is 13.2 Å². The number of nitrogens with zero attached hydrogens (tertiary/aromatic N) is 3. The molecule has 160 valence electrons. The quantitative estimate of drug-likeness (QED) is 0.429. The van der Waals surface area contributed by atoms with Crippen molar-refractivity contribution in [2.24, 2.45) is 0 Å². The SMILES string of the molecule is Cc1ccccc1-n1c(=O)nc(NCCCSN(C)C)c2ccc(C(F)(F)F)cc21. The van der Waals surface area contributed by atoms with Gasteiger partial charge in [0, 0.05) is 17.7 Å². The van der Waals surface area contributed by atoms with E-state index in [-0.39, 0.29) is 5.52 Å². The number of hydrogen-bond acceptors (Lipinski definition) is 5. The highest BCUT2D eigenvalue weighted by atomic mass is 32.2. The van der Waals surface area contributed by atoms with Crippen LogP contribution in [0.15, 0.2) is 47.3 Å². The van der Waals surface area contributed by atoms with Gasteiger partial charge in [-0.05, 0) is 57.3 Å². The number of rotatable bonds is 7. The van der Waals surface area contributed by atoms with E-state index >= 15 is 0 Å². The zero-order valence-electron chi connectivity index (χ0n) is 17.0. The molecule has 0 radical (unpaired) electrons. The molecule has 2 aromatic carbocycles. The van der Waals surface area contributed by atoms with Gasteiger partial charge in [-0.2, -0.15) is 18.2 Å². The molecule has 0 aliphatic heterocycles. The second kappa shape index (κ2) is 9.09. The third-order valence-electron chi connectivity index (χ3n) is 4.54. The Labute approximate surface area is 177 Å². The maximum Gasteiger partial charge on any atom is 0.416 e. The van der Waals surface area contributed by atoms with E-state index in [1.165, 1.54) is 10.6 Å². The minimum Gasteiger partial charge on any atom is -0.369 e. The zero-order chi connectivity index (χ0) is 21.9. The number of alkyl halides is 3. The van der Waals surface area contributed by atoms with Crippen LogP contribution >= 0.6 is 11.9 Å². The van der Waals surface area contributed by atoms with Crippen molar-refractivity contribution in [1.82, 2.24) is 13.9 Å². The van der Waals surface area contributed by atoms with Crippen LogP contribution in [0.3, 0.4) is 0 Å². The Morgan fingerprint density at radius 1 is 1.17 bits per heavy atom. The number of hydrogen-bond donors (Lipinski definition) is 1. The lowest BCUT2D eigenvalue weighted by Crippen LogP contribution is -2.25. The van der Waals surface area contributed by atoms with E-state index in [4.69, 9.17) is 0 Å². The lowest BCUT2D eigenvalue weighted by molar-refractivity contribution is -0.137. The summed E-state index contributed by atoms with van der Waals surface area (Å²) in [4.78, 5) is 17.0. The molecule has 0 aliphatic carbocycles. The fourth-order valence-electron chi connectivity index (χ4n) is 3.11. The molecule has 0 unspecified atom stereocenters. The van der Waals surface area contributed by atoms with Crippen LogP contribution in [0.4, 0.5) is 19.0 Å². The summed E-state index contributed by atoms with van der Waals surface area (Å²) < 4.78 is 43.3. The average Bonchev–Trinajstić information content (AvgIpc) is 2.67. The molecule has 0 atom stereocenters. The standard InChI is InChI=1S/C21H23F3N4OS/c1-14-7-4-5-8-17(14)28-18-13-15(21(22,23)24)9-10-16(18)19(26-20(28)29)25-11-6-12-30-27(2)3/h4-5,7-10,13H,6,11-12H2,1-3H3,(H,25,26,29). The topological polar surface area (TPSA) is 50.2 Å². The summed E-state index contributed by atoms with van der Waals surface area (Å²) in [6.07, 6.45) is -3.70. The highest BCUT2D eigenvalue weighted by Gasteiger charge is 2.31. The van der Waals surface area contributed by atoms with Crippen molar-refractivity contribution in [3.05, 3.63) is 64.1 Å². The zero-order valence-corrected chi connectivity index (χ0v) is 17.8. The van der Waals surface area contributed by atoms with E-state index in [9.17, 15) is 18.0 Å². The first-order valence-electron chi connectivity index (χ1n) is 9.42. The summed E-state index contributed by atoms with van der Waals surface area (Å²) in [5.74, 6) is 1.17. The number of fused-ring (bicyclic) bond motifs is 1. The Morgan fingerprint density at radius 3 is 2.57 bits per heavy atom. The van der Waals surface area contributed by atoms with Gasteiger partial charge in [0.25, 0.3) is 0 Å². The van der Waals surface area contributed by atoms with Gasteiger partial charge >= 0.3 is 11.9 Å². The fourth-order valence-corrected chi connectivity index (χ4v) is 3.75. The number of halogens is 3. The van der Waals surface area contributed by atoms with Crippen molar-refractivity contribution >= 4 is 28.7 Å².